The molecule has 0 fully saturated rings. The Kier molecular flexibility index (Phi) is 4.20. The summed E-state index contributed by atoms with van der Waals surface area (Å²) in [6.45, 7) is 0.532. The minimum absolute atomic E-state index is 0.454. The Morgan fingerprint density at radius 3 is 2.40 bits per heavy atom. The molecule has 25 heavy (non-hydrogen) atoms. The van der Waals surface area contributed by atoms with Crippen LogP contribution in [0.5, 0.6) is 5.75 Å². The molecule has 0 bridgehead atoms. The van der Waals surface area contributed by atoms with Crippen molar-refractivity contribution in [2.24, 2.45) is 0 Å². The summed E-state index contributed by atoms with van der Waals surface area (Å²) in [6.07, 6.45) is 1.70. The highest BCUT2D eigenvalue weighted by molar-refractivity contribution is 5.58. The van der Waals surface area contributed by atoms with Gasteiger partial charge in [-0.05, 0) is 42.0 Å². The Labute approximate surface area is 144 Å². The molecule has 5 nitrogen and oxygen atoms in total. The molecule has 0 aliphatic heterocycles. The lowest BCUT2D eigenvalue weighted by atomic mass is 10.2. The smallest absolute Gasteiger partial charge is 0.258 e. The van der Waals surface area contributed by atoms with Crippen LogP contribution in [0, 0.1) is 0 Å². The van der Waals surface area contributed by atoms with E-state index in [1.54, 1.807) is 6.20 Å². The number of nitrogens with zero attached hydrogens (tertiary/aromatic N) is 3. The van der Waals surface area contributed by atoms with Crippen LogP contribution < -0.4 is 4.74 Å². The van der Waals surface area contributed by atoms with Crippen LogP contribution >= 0.6 is 0 Å². The molecule has 2 aromatic heterocycles. The summed E-state index contributed by atoms with van der Waals surface area (Å²) in [7, 11) is 0. The second-order valence-corrected chi connectivity index (χ2v) is 5.44. The molecule has 0 aliphatic rings. The van der Waals surface area contributed by atoms with Crippen molar-refractivity contribution < 1.29 is 9.26 Å². The predicted octanol–water partition coefficient (Wildman–Crippen LogP) is 4.38. The maximum atomic E-state index is 5.78. The lowest BCUT2D eigenvalue weighted by molar-refractivity contribution is 0.306. The fraction of sp³-hybridized carbons (Fsp3) is 0.0500. The average molecular weight is 329 g/mol. The third-order valence-electron chi connectivity index (χ3n) is 3.67. The molecule has 0 unspecified atom stereocenters. The minimum Gasteiger partial charge on any atom is -0.489 e. The monoisotopic (exact) mass is 329 g/mol. The second kappa shape index (κ2) is 6.97. The Morgan fingerprint density at radius 1 is 0.840 bits per heavy atom. The quantitative estimate of drug-likeness (QED) is 0.544. The van der Waals surface area contributed by atoms with Gasteiger partial charge in [0.25, 0.3) is 5.89 Å². The van der Waals surface area contributed by atoms with Crippen LogP contribution in [0.15, 0.2) is 83.5 Å². The number of aromatic nitrogens is 3. The molecule has 0 saturated heterocycles. The van der Waals surface area contributed by atoms with E-state index in [4.69, 9.17) is 9.26 Å². The van der Waals surface area contributed by atoms with Gasteiger partial charge in [-0.25, -0.2) is 0 Å². The van der Waals surface area contributed by atoms with Crippen molar-refractivity contribution in [3.8, 4) is 28.7 Å². The van der Waals surface area contributed by atoms with Gasteiger partial charge in [0.15, 0.2) is 0 Å². The van der Waals surface area contributed by atoms with Crippen molar-refractivity contribution in [1.82, 2.24) is 15.1 Å². The highest BCUT2D eigenvalue weighted by Crippen LogP contribution is 2.23. The molecule has 0 amide bonds. The Hall–Kier alpha value is -3.47. The Balaban J connectivity index is 1.46. The Bertz CT molecular complexity index is 936. The normalized spacial score (nSPS) is 10.6. The van der Waals surface area contributed by atoms with Gasteiger partial charge >= 0.3 is 0 Å². The van der Waals surface area contributed by atoms with Crippen molar-refractivity contribution in [2.75, 3.05) is 0 Å². The first-order chi connectivity index (χ1) is 12.4. The highest BCUT2D eigenvalue weighted by Gasteiger charge is 2.11. The van der Waals surface area contributed by atoms with Crippen molar-refractivity contribution in [3.63, 3.8) is 0 Å². The first-order valence-electron chi connectivity index (χ1n) is 7.91. The number of hydrogen-bond donors (Lipinski definition) is 0. The maximum Gasteiger partial charge on any atom is 0.258 e. The van der Waals surface area contributed by atoms with Gasteiger partial charge in [0.2, 0.25) is 5.82 Å². The number of ether oxygens (including phenoxy) is 1. The molecule has 2 heterocycles. The van der Waals surface area contributed by atoms with Crippen LogP contribution in [0.1, 0.15) is 5.56 Å². The molecular formula is C20H15N3O2. The molecule has 5 heteroatoms. The highest BCUT2D eigenvalue weighted by atomic mass is 16.5. The van der Waals surface area contributed by atoms with Gasteiger partial charge in [-0.2, -0.15) is 4.98 Å². The van der Waals surface area contributed by atoms with Crippen LogP contribution in [-0.4, -0.2) is 15.1 Å². The molecule has 4 aromatic rings. The Morgan fingerprint density at radius 2 is 1.64 bits per heavy atom. The van der Waals surface area contributed by atoms with Crippen LogP contribution in [0.2, 0.25) is 0 Å². The largest absolute Gasteiger partial charge is 0.489 e. The third-order valence-corrected chi connectivity index (χ3v) is 3.67. The fourth-order valence-corrected chi connectivity index (χ4v) is 2.37. The minimum atomic E-state index is 0.454. The van der Waals surface area contributed by atoms with E-state index in [1.807, 2.05) is 72.8 Å². The zero-order chi connectivity index (χ0) is 16.9. The van der Waals surface area contributed by atoms with Crippen LogP contribution in [-0.2, 0) is 6.61 Å². The molecule has 0 saturated carbocycles. The van der Waals surface area contributed by atoms with Crippen molar-refractivity contribution in [2.45, 2.75) is 6.61 Å². The molecule has 0 aliphatic carbocycles. The predicted molar refractivity (Wildman–Crippen MR) is 93.7 cm³/mol. The molecule has 0 spiro atoms. The van der Waals surface area contributed by atoms with Crippen molar-refractivity contribution in [1.29, 1.82) is 0 Å². The first kappa shape index (κ1) is 15.1. The second-order valence-electron chi connectivity index (χ2n) is 5.44. The molecule has 2 aromatic carbocycles. The molecule has 4 rings (SSSR count). The zero-order valence-electron chi connectivity index (χ0n) is 13.4. The standard InChI is InChI=1S/C20H15N3O2/c1-2-6-15(7-3-1)14-24-17-11-9-16(10-12-17)20-22-19(23-25-20)18-8-4-5-13-21-18/h1-13H,14H2. The van der Waals surface area contributed by atoms with Gasteiger partial charge < -0.3 is 9.26 Å². The maximum absolute atomic E-state index is 5.78. The number of pyridine rings is 1. The van der Waals surface area contributed by atoms with Crippen LogP contribution in [0.3, 0.4) is 0 Å². The summed E-state index contributed by atoms with van der Waals surface area (Å²) in [4.78, 5) is 8.61. The zero-order valence-corrected chi connectivity index (χ0v) is 13.4. The van der Waals surface area contributed by atoms with E-state index in [2.05, 4.69) is 15.1 Å². The van der Waals surface area contributed by atoms with E-state index in [0.29, 0.717) is 24.0 Å². The van der Waals surface area contributed by atoms with E-state index in [9.17, 15) is 0 Å². The van der Waals surface area contributed by atoms with Gasteiger partial charge in [0.1, 0.15) is 18.1 Å². The molecule has 0 radical (unpaired) electrons. The molecule has 0 N–H and O–H groups in total. The van der Waals surface area contributed by atoms with E-state index in [-0.39, 0.29) is 0 Å². The summed E-state index contributed by atoms with van der Waals surface area (Å²) >= 11 is 0. The van der Waals surface area contributed by atoms with E-state index in [0.717, 1.165) is 16.9 Å². The number of benzene rings is 2. The number of rotatable bonds is 5. The van der Waals surface area contributed by atoms with Crippen LogP contribution in [0.4, 0.5) is 0 Å². The summed E-state index contributed by atoms with van der Waals surface area (Å²) in [5.41, 5.74) is 2.64. The molecular weight excluding hydrogens is 314 g/mol. The van der Waals surface area contributed by atoms with Crippen molar-refractivity contribution in [3.05, 3.63) is 84.6 Å². The number of hydrogen-bond acceptors (Lipinski definition) is 5. The van der Waals surface area contributed by atoms with Gasteiger partial charge in [0.05, 0.1) is 0 Å². The fourth-order valence-electron chi connectivity index (χ4n) is 2.37. The summed E-state index contributed by atoms with van der Waals surface area (Å²) in [5.74, 6) is 1.72. The van der Waals surface area contributed by atoms with E-state index >= 15 is 0 Å². The lowest BCUT2D eigenvalue weighted by Gasteiger charge is -2.06. The summed E-state index contributed by atoms with van der Waals surface area (Å²) in [6, 6.07) is 23.2. The lowest BCUT2D eigenvalue weighted by Crippen LogP contribution is -1.94. The van der Waals surface area contributed by atoms with Gasteiger partial charge in [-0.3, -0.25) is 4.98 Å². The van der Waals surface area contributed by atoms with Crippen LogP contribution in [0.25, 0.3) is 23.0 Å². The van der Waals surface area contributed by atoms with Gasteiger partial charge in [-0.1, -0.05) is 41.6 Å². The summed E-state index contributed by atoms with van der Waals surface area (Å²) in [5, 5.41) is 3.98. The van der Waals surface area contributed by atoms with Gasteiger partial charge in [-0.15, -0.1) is 0 Å². The van der Waals surface area contributed by atoms with Gasteiger partial charge in [0, 0.05) is 11.8 Å². The molecule has 122 valence electrons. The van der Waals surface area contributed by atoms with Crippen molar-refractivity contribution >= 4 is 0 Å². The third kappa shape index (κ3) is 3.55. The first-order valence-corrected chi connectivity index (χ1v) is 7.91. The molecule has 0 atom stereocenters. The summed E-state index contributed by atoms with van der Waals surface area (Å²) < 4.78 is 11.1. The van der Waals surface area contributed by atoms with E-state index < -0.39 is 0 Å². The average Bonchev–Trinajstić information content (AvgIpc) is 3.19. The SMILES string of the molecule is c1ccc(COc2ccc(-c3nc(-c4ccccn4)no3)cc2)cc1. The topological polar surface area (TPSA) is 61.0 Å². The van der Waals surface area contributed by atoms with E-state index in [1.165, 1.54) is 0 Å².